The number of carbonyl (C=O) groups is 2. The van der Waals surface area contributed by atoms with Crippen LogP contribution in [-0.2, 0) is 19.9 Å². The third-order valence-corrected chi connectivity index (χ3v) is 4.65. The Balaban J connectivity index is 1.84. The number of aliphatic hydroxyl groups excluding tert-OH is 1. The Morgan fingerprint density at radius 3 is 1.73 bits per heavy atom. The summed E-state index contributed by atoms with van der Waals surface area (Å²) in [5.41, 5.74) is 1.44. The fourth-order valence-corrected chi connectivity index (χ4v) is 3.33. The molecule has 0 radical (unpaired) electrons. The maximum Gasteiger partial charge on any atom is 0.344 e. The number of cyclic esters (lactones) is 1. The Bertz CT molecular complexity index is 948. The second-order valence-corrected chi connectivity index (χ2v) is 6.18. The molecule has 0 amide bonds. The van der Waals surface area contributed by atoms with E-state index in [1.54, 1.807) is 36.4 Å². The molecule has 0 aliphatic carbocycles. The van der Waals surface area contributed by atoms with Crippen LogP contribution in [0.15, 0.2) is 84.9 Å². The average molecular weight is 344 g/mol. The van der Waals surface area contributed by atoms with Crippen LogP contribution in [0.5, 0.6) is 0 Å². The maximum absolute atomic E-state index is 12.8. The van der Waals surface area contributed by atoms with E-state index >= 15 is 0 Å². The molecule has 2 atom stereocenters. The van der Waals surface area contributed by atoms with E-state index in [9.17, 15) is 14.7 Å². The van der Waals surface area contributed by atoms with E-state index in [1.165, 1.54) is 0 Å². The summed E-state index contributed by atoms with van der Waals surface area (Å²) in [6, 6.07) is 25.9. The summed E-state index contributed by atoms with van der Waals surface area (Å²) in [4.78, 5) is 24.7. The number of ether oxygens (including phenoxy) is 1. The molecule has 128 valence electrons. The van der Waals surface area contributed by atoms with Crippen LogP contribution >= 0.6 is 0 Å². The third kappa shape index (κ3) is 2.43. The van der Waals surface area contributed by atoms with Gasteiger partial charge in [0.25, 0.3) is 0 Å². The van der Waals surface area contributed by atoms with Crippen LogP contribution in [0.3, 0.4) is 0 Å². The number of aliphatic hydroxyl groups is 1. The van der Waals surface area contributed by atoms with Gasteiger partial charge in [-0.15, -0.1) is 0 Å². The summed E-state index contributed by atoms with van der Waals surface area (Å²) in [7, 11) is 0. The van der Waals surface area contributed by atoms with Gasteiger partial charge in [0.15, 0.2) is 0 Å². The lowest BCUT2D eigenvalue weighted by Crippen LogP contribution is -2.37. The van der Waals surface area contributed by atoms with E-state index in [2.05, 4.69) is 0 Å². The predicted octanol–water partition coefficient (Wildman–Crippen LogP) is 3.08. The van der Waals surface area contributed by atoms with Crippen molar-refractivity contribution in [2.45, 2.75) is 11.7 Å². The summed E-state index contributed by atoms with van der Waals surface area (Å²) in [6.07, 6.45) is -1.77. The van der Waals surface area contributed by atoms with Crippen molar-refractivity contribution in [3.8, 4) is 11.1 Å². The van der Waals surface area contributed by atoms with Gasteiger partial charge < -0.3 is 9.84 Å². The molecule has 1 fully saturated rings. The van der Waals surface area contributed by atoms with Crippen molar-refractivity contribution in [1.29, 1.82) is 0 Å². The van der Waals surface area contributed by atoms with Crippen molar-refractivity contribution in [2.24, 2.45) is 0 Å². The molecule has 3 aromatic rings. The van der Waals surface area contributed by atoms with Gasteiger partial charge in [-0.2, -0.15) is 0 Å². The molecule has 4 rings (SSSR count). The summed E-state index contributed by atoms with van der Waals surface area (Å²) in [6.45, 7) is 0. The first-order valence-corrected chi connectivity index (χ1v) is 8.29. The third-order valence-electron chi connectivity index (χ3n) is 4.65. The number of ketones is 1. The van der Waals surface area contributed by atoms with Crippen LogP contribution in [0, 0.1) is 0 Å². The van der Waals surface area contributed by atoms with Crippen molar-refractivity contribution in [3.63, 3.8) is 0 Å². The van der Waals surface area contributed by atoms with Gasteiger partial charge in [0.2, 0.25) is 17.5 Å². The van der Waals surface area contributed by atoms with Crippen molar-refractivity contribution >= 4 is 11.8 Å². The molecular formula is C22H16O4. The summed E-state index contributed by atoms with van der Waals surface area (Å²) >= 11 is 0. The zero-order chi connectivity index (χ0) is 18.1. The number of carbonyl (C=O) groups excluding carboxylic acids is 2. The van der Waals surface area contributed by atoms with Gasteiger partial charge in [-0.05, 0) is 11.1 Å². The molecule has 0 bridgehead atoms. The molecule has 1 aliphatic rings. The van der Waals surface area contributed by atoms with Gasteiger partial charge >= 0.3 is 5.97 Å². The minimum Gasteiger partial charge on any atom is -0.439 e. The number of benzene rings is 3. The molecule has 0 aromatic heterocycles. The van der Waals surface area contributed by atoms with Crippen LogP contribution in [-0.4, -0.2) is 23.0 Å². The van der Waals surface area contributed by atoms with E-state index < -0.39 is 23.5 Å². The normalized spacial score (nSPS) is 22.3. The Morgan fingerprint density at radius 1 is 0.692 bits per heavy atom. The van der Waals surface area contributed by atoms with E-state index in [1.807, 2.05) is 48.5 Å². The Morgan fingerprint density at radius 2 is 1.19 bits per heavy atom. The first kappa shape index (κ1) is 16.2. The lowest BCUT2D eigenvalue weighted by molar-refractivity contribution is -0.151. The SMILES string of the molecule is O=C1OC(c2ccccc2)(c2ccc(-c3ccccc3)cc2)C(=O)C1O. The summed E-state index contributed by atoms with van der Waals surface area (Å²) in [5.74, 6) is -1.59. The standard InChI is InChI=1S/C22H16O4/c23-19-20(24)22(26-21(19)25,17-9-5-2-6-10-17)18-13-11-16(12-14-18)15-7-3-1-4-8-15/h1-14,19,23H. The van der Waals surface area contributed by atoms with Gasteiger partial charge in [0.1, 0.15) is 0 Å². The molecule has 1 N–H and O–H groups in total. The zero-order valence-corrected chi connectivity index (χ0v) is 13.8. The van der Waals surface area contributed by atoms with E-state index in [-0.39, 0.29) is 0 Å². The zero-order valence-electron chi connectivity index (χ0n) is 13.8. The molecule has 3 aromatic carbocycles. The van der Waals surface area contributed by atoms with Gasteiger partial charge in [-0.25, -0.2) is 4.79 Å². The monoisotopic (exact) mass is 344 g/mol. The predicted molar refractivity (Wildman–Crippen MR) is 96.2 cm³/mol. The van der Waals surface area contributed by atoms with Crippen molar-refractivity contribution in [3.05, 3.63) is 96.1 Å². The maximum atomic E-state index is 12.8. The van der Waals surface area contributed by atoms with Crippen molar-refractivity contribution < 1.29 is 19.4 Å². The van der Waals surface area contributed by atoms with Crippen LogP contribution in [0.1, 0.15) is 11.1 Å². The molecular weight excluding hydrogens is 328 g/mol. The fourth-order valence-electron chi connectivity index (χ4n) is 3.33. The first-order chi connectivity index (χ1) is 12.6. The molecule has 0 spiro atoms. The summed E-state index contributed by atoms with van der Waals surface area (Å²) in [5, 5.41) is 9.93. The minimum absolute atomic E-state index is 0.512. The van der Waals surface area contributed by atoms with Crippen LogP contribution in [0.2, 0.25) is 0 Å². The highest BCUT2D eigenvalue weighted by atomic mass is 16.6. The van der Waals surface area contributed by atoms with Gasteiger partial charge in [0.05, 0.1) is 0 Å². The van der Waals surface area contributed by atoms with Crippen LogP contribution < -0.4 is 0 Å². The minimum atomic E-state index is -1.77. The number of Topliss-reactive ketones (excluding diaryl/α,β-unsaturated/α-hetero) is 1. The molecule has 26 heavy (non-hydrogen) atoms. The topological polar surface area (TPSA) is 63.6 Å². The van der Waals surface area contributed by atoms with Gasteiger partial charge in [-0.3, -0.25) is 4.79 Å². The number of hydrogen-bond donors (Lipinski definition) is 1. The Kier molecular flexibility index (Phi) is 3.90. The average Bonchev–Trinajstić information content (AvgIpc) is 2.94. The lowest BCUT2D eigenvalue weighted by Gasteiger charge is -2.27. The lowest BCUT2D eigenvalue weighted by atomic mass is 9.82. The Labute approximate surface area is 150 Å². The largest absolute Gasteiger partial charge is 0.439 e. The van der Waals surface area contributed by atoms with E-state index in [4.69, 9.17) is 4.74 Å². The molecule has 1 saturated heterocycles. The molecule has 2 unspecified atom stereocenters. The quantitative estimate of drug-likeness (QED) is 0.586. The molecule has 4 heteroatoms. The number of rotatable bonds is 3. The highest BCUT2D eigenvalue weighted by molar-refractivity contribution is 6.13. The van der Waals surface area contributed by atoms with Crippen molar-refractivity contribution in [2.75, 3.05) is 0 Å². The Hall–Kier alpha value is -3.24. The second-order valence-electron chi connectivity index (χ2n) is 6.18. The van der Waals surface area contributed by atoms with Crippen LogP contribution in [0.4, 0.5) is 0 Å². The van der Waals surface area contributed by atoms with Gasteiger partial charge in [0, 0.05) is 11.1 Å². The first-order valence-electron chi connectivity index (χ1n) is 8.29. The van der Waals surface area contributed by atoms with Crippen LogP contribution in [0.25, 0.3) is 11.1 Å². The van der Waals surface area contributed by atoms with Gasteiger partial charge in [-0.1, -0.05) is 84.9 Å². The molecule has 0 saturated carbocycles. The highest BCUT2D eigenvalue weighted by Crippen LogP contribution is 2.41. The number of hydrogen-bond acceptors (Lipinski definition) is 4. The number of esters is 1. The fraction of sp³-hybridized carbons (Fsp3) is 0.0909. The highest BCUT2D eigenvalue weighted by Gasteiger charge is 2.57. The molecule has 1 heterocycles. The van der Waals surface area contributed by atoms with E-state index in [0.29, 0.717) is 11.1 Å². The van der Waals surface area contributed by atoms with Crippen molar-refractivity contribution in [1.82, 2.24) is 0 Å². The summed E-state index contributed by atoms with van der Waals surface area (Å²) < 4.78 is 5.45. The second kappa shape index (κ2) is 6.24. The smallest absolute Gasteiger partial charge is 0.344 e. The molecule has 1 aliphatic heterocycles. The van der Waals surface area contributed by atoms with E-state index in [0.717, 1.165) is 11.1 Å². The molecule has 4 nitrogen and oxygen atoms in total.